The van der Waals surface area contributed by atoms with Crippen LogP contribution in [0.1, 0.15) is 49.3 Å². The number of aromatic nitrogens is 2. The van der Waals surface area contributed by atoms with Crippen LogP contribution in [-0.2, 0) is 0 Å². The zero-order valence-corrected chi connectivity index (χ0v) is 12.2. The van der Waals surface area contributed by atoms with Crippen molar-refractivity contribution in [1.82, 2.24) is 15.3 Å². The summed E-state index contributed by atoms with van der Waals surface area (Å²) in [6, 6.07) is 7.44. The fourth-order valence-electron chi connectivity index (χ4n) is 2.15. The van der Waals surface area contributed by atoms with E-state index in [9.17, 15) is 4.79 Å². The van der Waals surface area contributed by atoms with Crippen LogP contribution in [-0.4, -0.2) is 15.9 Å². The highest BCUT2D eigenvalue weighted by atomic mass is 16.1. The predicted octanol–water partition coefficient (Wildman–Crippen LogP) is 3.32. The number of hydrogen-bond donors (Lipinski definition) is 2. The standard InChI is InChI=1S/C16H21N3O/c1-16(2,3)10-14(12-6-4-8-17-11-12)19-15(20)13-7-5-9-18-13/h4-9,11,14,18H,10H2,1-3H3,(H,19,20)/t14-/m0/s1. The average molecular weight is 271 g/mol. The first kappa shape index (κ1) is 14.3. The summed E-state index contributed by atoms with van der Waals surface area (Å²) >= 11 is 0. The highest BCUT2D eigenvalue weighted by Gasteiger charge is 2.22. The van der Waals surface area contributed by atoms with Gasteiger partial charge in [-0.1, -0.05) is 26.8 Å². The Labute approximate surface area is 119 Å². The lowest BCUT2D eigenvalue weighted by atomic mass is 9.86. The van der Waals surface area contributed by atoms with E-state index in [0.29, 0.717) is 5.69 Å². The van der Waals surface area contributed by atoms with Gasteiger partial charge in [0.1, 0.15) is 5.69 Å². The van der Waals surface area contributed by atoms with Crippen LogP contribution in [0.25, 0.3) is 0 Å². The molecule has 0 saturated heterocycles. The van der Waals surface area contributed by atoms with E-state index in [-0.39, 0.29) is 17.4 Å². The molecule has 0 aliphatic heterocycles. The Hall–Kier alpha value is -2.10. The third-order valence-corrected chi connectivity index (χ3v) is 3.05. The minimum absolute atomic E-state index is 0.0421. The molecule has 4 nitrogen and oxygen atoms in total. The fraction of sp³-hybridized carbons (Fsp3) is 0.375. The van der Waals surface area contributed by atoms with E-state index in [1.54, 1.807) is 18.5 Å². The molecule has 0 aliphatic carbocycles. The SMILES string of the molecule is CC(C)(C)C[C@H](NC(=O)c1ccc[nH]1)c1cccnc1. The van der Waals surface area contributed by atoms with Crippen molar-refractivity contribution in [2.45, 2.75) is 33.2 Å². The number of carbonyl (C=O) groups excluding carboxylic acids is 1. The minimum Gasteiger partial charge on any atom is -0.357 e. The molecule has 2 rings (SSSR count). The fourth-order valence-corrected chi connectivity index (χ4v) is 2.15. The van der Waals surface area contributed by atoms with Gasteiger partial charge in [0.2, 0.25) is 0 Å². The quantitative estimate of drug-likeness (QED) is 0.896. The molecule has 2 aromatic heterocycles. The topological polar surface area (TPSA) is 57.8 Å². The molecule has 0 fully saturated rings. The van der Waals surface area contributed by atoms with E-state index in [4.69, 9.17) is 0 Å². The Morgan fingerprint density at radius 2 is 2.15 bits per heavy atom. The number of hydrogen-bond acceptors (Lipinski definition) is 2. The maximum absolute atomic E-state index is 12.2. The van der Waals surface area contributed by atoms with Crippen molar-refractivity contribution >= 4 is 5.91 Å². The van der Waals surface area contributed by atoms with Gasteiger partial charge < -0.3 is 10.3 Å². The summed E-state index contributed by atoms with van der Waals surface area (Å²) in [5.41, 5.74) is 1.72. The van der Waals surface area contributed by atoms with Gasteiger partial charge in [-0.05, 0) is 35.6 Å². The summed E-state index contributed by atoms with van der Waals surface area (Å²) in [4.78, 5) is 19.3. The first-order valence-corrected chi connectivity index (χ1v) is 6.80. The zero-order chi connectivity index (χ0) is 14.6. The van der Waals surface area contributed by atoms with Crippen molar-refractivity contribution in [3.63, 3.8) is 0 Å². The van der Waals surface area contributed by atoms with Crippen molar-refractivity contribution in [2.24, 2.45) is 5.41 Å². The third kappa shape index (κ3) is 3.95. The molecule has 2 N–H and O–H groups in total. The molecule has 20 heavy (non-hydrogen) atoms. The molecule has 0 unspecified atom stereocenters. The second kappa shape index (κ2) is 5.90. The molecule has 2 aromatic rings. The van der Waals surface area contributed by atoms with Crippen LogP contribution >= 0.6 is 0 Å². The van der Waals surface area contributed by atoms with Crippen LogP contribution in [0.15, 0.2) is 42.9 Å². The van der Waals surface area contributed by atoms with E-state index in [1.807, 2.05) is 24.4 Å². The number of H-pyrrole nitrogens is 1. The number of aromatic amines is 1. The van der Waals surface area contributed by atoms with Crippen LogP contribution in [0.3, 0.4) is 0 Å². The first-order chi connectivity index (χ1) is 9.46. The number of rotatable bonds is 4. The van der Waals surface area contributed by atoms with Crippen molar-refractivity contribution < 1.29 is 4.79 Å². The molecule has 0 radical (unpaired) electrons. The van der Waals surface area contributed by atoms with Crippen LogP contribution in [0, 0.1) is 5.41 Å². The van der Waals surface area contributed by atoms with Crippen molar-refractivity contribution in [3.8, 4) is 0 Å². The number of amides is 1. The van der Waals surface area contributed by atoms with Gasteiger partial charge in [0.15, 0.2) is 0 Å². The second-order valence-electron chi connectivity index (χ2n) is 6.16. The van der Waals surface area contributed by atoms with Gasteiger partial charge >= 0.3 is 0 Å². The van der Waals surface area contributed by atoms with Gasteiger partial charge in [-0.15, -0.1) is 0 Å². The first-order valence-electron chi connectivity index (χ1n) is 6.80. The molecule has 0 aromatic carbocycles. The smallest absolute Gasteiger partial charge is 0.268 e. The number of carbonyl (C=O) groups is 1. The van der Waals surface area contributed by atoms with Crippen molar-refractivity contribution in [2.75, 3.05) is 0 Å². The van der Waals surface area contributed by atoms with Gasteiger partial charge in [-0.25, -0.2) is 0 Å². The van der Waals surface area contributed by atoms with E-state index in [2.05, 4.69) is 36.1 Å². The lowest BCUT2D eigenvalue weighted by Gasteiger charge is -2.27. The van der Waals surface area contributed by atoms with Gasteiger partial charge in [-0.2, -0.15) is 0 Å². The Balaban J connectivity index is 2.17. The summed E-state index contributed by atoms with van der Waals surface area (Å²) in [7, 11) is 0. The van der Waals surface area contributed by atoms with Gasteiger partial charge in [0.05, 0.1) is 6.04 Å². The van der Waals surface area contributed by atoms with Gasteiger partial charge in [0, 0.05) is 18.6 Å². The molecule has 0 bridgehead atoms. The minimum atomic E-state index is -0.0897. The van der Waals surface area contributed by atoms with Crippen LogP contribution in [0.2, 0.25) is 0 Å². The molecule has 0 spiro atoms. The highest BCUT2D eigenvalue weighted by Crippen LogP contribution is 2.29. The second-order valence-corrected chi connectivity index (χ2v) is 6.16. The molecule has 1 amide bonds. The maximum atomic E-state index is 12.2. The summed E-state index contributed by atoms with van der Waals surface area (Å²) in [6.45, 7) is 6.49. The summed E-state index contributed by atoms with van der Waals surface area (Å²) in [5.74, 6) is -0.0897. The monoisotopic (exact) mass is 271 g/mol. The predicted molar refractivity (Wildman–Crippen MR) is 79.3 cm³/mol. The van der Waals surface area contributed by atoms with Crippen LogP contribution in [0.5, 0.6) is 0 Å². The van der Waals surface area contributed by atoms with Crippen LogP contribution in [0.4, 0.5) is 0 Å². The number of nitrogens with one attached hydrogen (secondary N) is 2. The van der Waals surface area contributed by atoms with Gasteiger partial charge in [0.25, 0.3) is 5.91 Å². The van der Waals surface area contributed by atoms with Crippen LogP contribution < -0.4 is 5.32 Å². The highest BCUT2D eigenvalue weighted by molar-refractivity contribution is 5.92. The molecule has 106 valence electrons. The Morgan fingerprint density at radius 1 is 1.35 bits per heavy atom. The lowest BCUT2D eigenvalue weighted by molar-refractivity contribution is 0.0922. The summed E-state index contributed by atoms with van der Waals surface area (Å²) in [5, 5.41) is 3.08. The lowest BCUT2D eigenvalue weighted by Crippen LogP contribution is -2.31. The zero-order valence-electron chi connectivity index (χ0n) is 12.2. The molecule has 1 atom stereocenters. The van der Waals surface area contributed by atoms with Crippen molar-refractivity contribution in [1.29, 1.82) is 0 Å². The third-order valence-electron chi connectivity index (χ3n) is 3.05. The molecule has 0 aliphatic rings. The Bertz CT molecular complexity index is 541. The molecular weight excluding hydrogens is 250 g/mol. The Morgan fingerprint density at radius 3 is 2.70 bits per heavy atom. The van der Waals surface area contributed by atoms with E-state index in [0.717, 1.165) is 12.0 Å². The molecular formula is C16H21N3O. The average Bonchev–Trinajstić information content (AvgIpc) is 2.91. The van der Waals surface area contributed by atoms with Crippen molar-refractivity contribution in [3.05, 3.63) is 54.1 Å². The Kier molecular flexibility index (Phi) is 4.23. The summed E-state index contributed by atoms with van der Waals surface area (Å²) < 4.78 is 0. The van der Waals surface area contributed by atoms with E-state index in [1.165, 1.54) is 0 Å². The molecule has 0 saturated carbocycles. The van der Waals surface area contributed by atoms with Gasteiger partial charge in [-0.3, -0.25) is 9.78 Å². The maximum Gasteiger partial charge on any atom is 0.268 e. The number of nitrogens with zero attached hydrogens (tertiary/aromatic N) is 1. The molecule has 4 heteroatoms. The largest absolute Gasteiger partial charge is 0.357 e. The van der Waals surface area contributed by atoms with E-state index >= 15 is 0 Å². The summed E-state index contributed by atoms with van der Waals surface area (Å²) in [6.07, 6.45) is 6.15. The molecule has 2 heterocycles. The normalized spacial score (nSPS) is 12.9. The number of pyridine rings is 1. The van der Waals surface area contributed by atoms with E-state index < -0.39 is 0 Å².